The number of aromatic nitrogens is 3. The number of fused-ring (bicyclic) bond motifs is 2. The first-order chi connectivity index (χ1) is 12.2. The van der Waals surface area contributed by atoms with Crippen LogP contribution in [0.4, 0.5) is 5.82 Å². The van der Waals surface area contributed by atoms with Crippen LogP contribution in [-0.2, 0) is 16.0 Å². The molecule has 0 amide bonds. The average molecular weight is 344 g/mol. The van der Waals surface area contributed by atoms with Gasteiger partial charge < -0.3 is 24.9 Å². The third-order valence-electron chi connectivity index (χ3n) is 3.77. The van der Waals surface area contributed by atoms with Crippen LogP contribution in [0.2, 0.25) is 0 Å². The summed E-state index contributed by atoms with van der Waals surface area (Å²) in [5, 5.41) is 8.80. The first-order valence-electron chi connectivity index (χ1n) is 8.07. The Hall–Kier alpha value is -2.71. The Balaban J connectivity index is 2.14. The Morgan fingerprint density at radius 2 is 1.96 bits per heavy atom. The molecule has 2 aromatic heterocycles. The predicted octanol–water partition coefficient (Wildman–Crippen LogP) is 1.35. The van der Waals surface area contributed by atoms with E-state index in [-0.39, 0.29) is 31.2 Å². The summed E-state index contributed by atoms with van der Waals surface area (Å²) < 4.78 is 12.1. The molecule has 8 heteroatoms. The molecule has 2 heterocycles. The molecular weight excluding hydrogens is 324 g/mol. The van der Waals surface area contributed by atoms with Gasteiger partial charge in [-0.25, -0.2) is 14.8 Å². The second kappa shape index (κ2) is 7.45. The minimum absolute atomic E-state index is 0.0551. The molecule has 0 bridgehead atoms. The van der Waals surface area contributed by atoms with Crippen molar-refractivity contribution in [1.82, 2.24) is 14.5 Å². The van der Waals surface area contributed by atoms with Crippen LogP contribution in [0.1, 0.15) is 17.3 Å². The number of anilines is 1. The topological polar surface area (TPSA) is 112 Å². The number of hydrogen-bond donors (Lipinski definition) is 2. The van der Waals surface area contributed by atoms with Crippen LogP contribution < -0.4 is 5.73 Å². The standard InChI is InChI=1S/C17H20N4O4/c1-2-25-17(23)13-14-16(20-12-6-4-3-5-11(12)19-14)21(15(13)18)7-9-24-10-8-22/h3-6,22H,2,7-10,18H2,1H3. The molecule has 0 aliphatic carbocycles. The second-order valence-corrected chi connectivity index (χ2v) is 5.35. The van der Waals surface area contributed by atoms with Crippen molar-refractivity contribution in [1.29, 1.82) is 0 Å². The number of ether oxygens (including phenoxy) is 2. The Kier molecular flexibility index (Phi) is 5.11. The van der Waals surface area contributed by atoms with Gasteiger partial charge in [0.1, 0.15) is 16.9 Å². The van der Waals surface area contributed by atoms with Gasteiger partial charge in [-0.15, -0.1) is 0 Å². The van der Waals surface area contributed by atoms with E-state index in [0.29, 0.717) is 35.3 Å². The Morgan fingerprint density at radius 3 is 2.64 bits per heavy atom. The third kappa shape index (κ3) is 3.26. The van der Waals surface area contributed by atoms with E-state index in [1.54, 1.807) is 11.5 Å². The van der Waals surface area contributed by atoms with E-state index in [4.69, 9.17) is 20.3 Å². The Morgan fingerprint density at radius 1 is 1.24 bits per heavy atom. The summed E-state index contributed by atoms with van der Waals surface area (Å²) in [6.45, 7) is 2.86. The van der Waals surface area contributed by atoms with E-state index in [9.17, 15) is 4.79 Å². The molecule has 1 aromatic carbocycles. The van der Waals surface area contributed by atoms with Crippen molar-refractivity contribution >= 4 is 34.0 Å². The highest BCUT2D eigenvalue weighted by Crippen LogP contribution is 2.28. The number of para-hydroxylation sites is 2. The molecule has 0 saturated carbocycles. The lowest BCUT2D eigenvalue weighted by Gasteiger charge is -2.08. The van der Waals surface area contributed by atoms with E-state index in [1.165, 1.54) is 0 Å². The summed E-state index contributed by atoms with van der Waals surface area (Å²) in [6.07, 6.45) is 0. The van der Waals surface area contributed by atoms with Crippen molar-refractivity contribution in [2.45, 2.75) is 13.5 Å². The highest BCUT2D eigenvalue weighted by Gasteiger charge is 2.24. The number of nitrogen functional groups attached to an aromatic ring is 1. The van der Waals surface area contributed by atoms with Crippen LogP contribution in [-0.4, -0.2) is 52.0 Å². The number of rotatable bonds is 7. The number of benzene rings is 1. The monoisotopic (exact) mass is 344 g/mol. The van der Waals surface area contributed by atoms with Crippen molar-refractivity contribution in [2.75, 3.05) is 32.2 Å². The number of nitrogens with two attached hydrogens (primary N) is 1. The fourth-order valence-corrected chi connectivity index (χ4v) is 2.67. The molecule has 3 aromatic rings. The van der Waals surface area contributed by atoms with Gasteiger partial charge in [-0.05, 0) is 19.1 Å². The van der Waals surface area contributed by atoms with Crippen LogP contribution in [0.3, 0.4) is 0 Å². The zero-order valence-electron chi connectivity index (χ0n) is 13.9. The largest absolute Gasteiger partial charge is 0.462 e. The van der Waals surface area contributed by atoms with E-state index in [1.807, 2.05) is 24.3 Å². The molecule has 0 unspecified atom stereocenters. The van der Waals surface area contributed by atoms with Crippen molar-refractivity contribution in [3.05, 3.63) is 29.8 Å². The van der Waals surface area contributed by atoms with Crippen LogP contribution in [0.5, 0.6) is 0 Å². The summed E-state index contributed by atoms with van der Waals surface area (Å²) in [7, 11) is 0. The maximum absolute atomic E-state index is 12.4. The molecule has 8 nitrogen and oxygen atoms in total. The van der Waals surface area contributed by atoms with E-state index in [2.05, 4.69) is 9.97 Å². The Bertz CT molecular complexity index is 906. The minimum Gasteiger partial charge on any atom is -0.462 e. The van der Waals surface area contributed by atoms with Crippen LogP contribution in [0.15, 0.2) is 24.3 Å². The van der Waals surface area contributed by atoms with Gasteiger partial charge in [0.15, 0.2) is 5.65 Å². The fourth-order valence-electron chi connectivity index (χ4n) is 2.67. The first-order valence-corrected chi connectivity index (χ1v) is 8.07. The molecule has 0 fully saturated rings. The summed E-state index contributed by atoms with van der Waals surface area (Å²) >= 11 is 0. The smallest absolute Gasteiger partial charge is 0.344 e. The molecule has 3 rings (SSSR count). The van der Waals surface area contributed by atoms with E-state index >= 15 is 0 Å². The van der Waals surface area contributed by atoms with Crippen LogP contribution in [0.25, 0.3) is 22.2 Å². The summed E-state index contributed by atoms with van der Waals surface area (Å²) in [6, 6.07) is 7.41. The maximum Gasteiger partial charge on any atom is 0.344 e. The van der Waals surface area contributed by atoms with Crippen molar-refractivity contribution < 1.29 is 19.4 Å². The van der Waals surface area contributed by atoms with Gasteiger partial charge in [0.05, 0.1) is 37.5 Å². The van der Waals surface area contributed by atoms with Gasteiger partial charge in [0.25, 0.3) is 0 Å². The molecule has 25 heavy (non-hydrogen) atoms. The second-order valence-electron chi connectivity index (χ2n) is 5.35. The number of aliphatic hydroxyl groups excluding tert-OH is 1. The van der Waals surface area contributed by atoms with Gasteiger partial charge in [-0.2, -0.15) is 0 Å². The number of nitrogens with zero attached hydrogens (tertiary/aromatic N) is 3. The lowest BCUT2D eigenvalue weighted by atomic mass is 10.2. The van der Waals surface area contributed by atoms with Crippen molar-refractivity contribution in [3.63, 3.8) is 0 Å². The van der Waals surface area contributed by atoms with E-state index in [0.717, 1.165) is 0 Å². The lowest BCUT2D eigenvalue weighted by Crippen LogP contribution is -2.13. The van der Waals surface area contributed by atoms with Gasteiger partial charge in [-0.3, -0.25) is 0 Å². The molecular formula is C17H20N4O4. The minimum atomic E-state index is -0.524. The molecule has 0 spiro atoms. The lowest BCUT2D eigenvalue weighted by molar-refractivity contribution is 0.0529. The van der Waals surface area contributed by atoms with Gasteiger partial charge in [0.2, 0.25) is 0 Å². The molecule has 132 valence electrons. The van der Waals surface area contributed by atoms with Gasteiger partial charge in [0, 0.05) is 6.54 Å². The highest BCUT2D eigenvalue weighted by molar-refractivity contribution is 6.08. The molecule has 0 aliphatic rings. The maximum atomic E-state index is 12.4. The van der Waals surface area contributed by atoms with Crippen molar-refractivity contribution in [2.24, 2.45) is 0 Å². The third-order valence-corrected chi connectivity index (χ3v) is 3.77. The SMILES string of the molecule is CCOC(=O)c1c(N)n(CCOCCO)c2nc3ccccc3nc12. The number of esters is 1. The molecule has 0 aliphatic heterocycles. The summed E-state index contributed by atoms with van der Waals surface area (Å²) in [4.78, 5) is 21.5. The predicted molar refractivity (Wildman–Crippen MR) is 93.3 cm³/mol. The molecule has 0 radical (unpaired) electrons. The zero-order chi connectivity index (χ0) is 17.8. The normalized spacial score (nSPS) is 11.3. The number of aliphatic hydroxyl groups is 1. The summed E-state index contributed by atoms with van der Waals surface area (Å²) in [5.74, 6) is -0.277. The molecule has 3 N–H and O–H groups in total. The average Bonchev–Trinajstić information content (AvgIpc) is 2.88. The number of carbonyl (C=O) groups excluding carboxylic acids is 1. The van der Waals surface area contributed by atoms with Crippen LogP contribution >= 0.6 is 0 Å². The fraction of sp³-hybridized carbons (Fsp3) is 0.353. The van der Waals surface area contributed by atoms with Crippen LogP contribution in [0, 0.1) is 0 Å². The number of carbonyl (C=O) groups is 1. The van der Waals surface area contributed by atoms with E-state index < -0.39 is 5.97 Å². The molecule has 0 atom stereocenters. The number of hydrogen-bond acceptors (Lipinski definition) is 7. The highest BCUT2D eigenvalue weighted by atomic mass is 16.5. The zero-order valence-corrected chi connectivity index (χ0v) is 13.9. The quantitative estimate of drug-likeness (QED) is 0.491. The first kappa shape index (κ1) is 17.1. The van der Waals surface area contributed by atoms with Crippen molar-refractivity contribution in [3.8, 4) is 0 Å². The van der Waals surface area contributed by atoms with Gasteiger partial charge >= 0.3 is 5.97 Å². The van der Waals surface area contributed by atoms with Gasteiger partial charge in [-0.1, -0.05) is 12.1 Å². The molecule has 0 saturated heterocycles. The Labute approximate surface area is 144 Å². The summed E-state index contributed by atoms with van der Waals surface area (Å²) in [5.41, 5.74) is 8.73.